The topological polar surface area (TPSA) is 168 Å². The van der Waals surface area contributed by atoms with Gasteiger partial charge in [0.15, 0.2) is 6.10 Å². The van der Waals surface area contributed by atoms with Gasteiger partial charge in [-0.3, -0.25) is 13.9 Å². The van der Waals surface area contributed by atoms with Crippen molar-refractivity contribution in [3.05, 3.63) is 0 Å². The van der Waals surface area contributed by atoms with E-state index in [0.29, 0.717) is 25.7 Å². The zero-order valence-corrected chi connectivity index (χ0v) is 22.6. The van der Waals surface area contributed by atoms with Crippen LogP contribution in [0.1, 0.15) is 80.6 Å². The van der Waals surface area contributed by atoms with Crippen LogP contribution in [0, 0.1) is 0 Å². The molecule has 0 saturated carbocycles. The van der Waals surface area contributed by atoms with Crippen molar-refractivity contribution in [3.63, 3.8) is 0 Å². The van der Waals surface area contributed by atoms with E-state index in [1.165, 1.54) is 13.8 Å². The van der Waals surface area contributed by atoms with Crippen molar-refractivity contribution in [3.8, 4) is 0 Å². The van der Waals surface area contributed by atoms with E-state index in [9.17, 15) is 33.7 Å². The lowest BCUT2D eigenvalue weighted by atomic mass is 10.2. The zero-order valence-electron chi connectivity index (χ0n) is 21.7. The van der Waals surface area contributed by atoms with Gasteiger partial charge in [0.25, 0.3) is 0 Å². The number of quaternary nitrogens is 1. The number of nitrogens with zero attached hydrogens (tertiary/aromatic N) is 1. The molecule has 0 spiro atoms. The van der Waals surface area contributed by atoms with Crippen LogP contribution in [0.5, 0.6) is 0 Å². The Balaban J connectivity index is 2.98. The summed E-state index contributed by atoms with van der Waals surface area (Å²) in [5.74, 6) is -2.92. The van der Waals surface area contributed by atoms with Crippen LogP contribution in [0.15, 0.2) is 0 Å². The monoisotopic (exact) mass is 522 g/mol. The van der Waals surface area contributed by atoms with Gasteiger partial charge in [-0.25, -0.2) is 9.59 Å². The summed E-state index contributed by atoms with van der Waals surface area (Å²) in [6.07, 6.45) is -1.40. The number of likely N-dealkylation sites (tertiary alicyclic amines) is 1. The first kappa shape index (κ1) is 31.0. The van der Waals surface area contributed by atoms with Crippen molar-refractivity contribution in [2.45, 2.75) is 110 Å². The lowest BCUT2D eigenvalue weighted by molar-refractivity contribution is -0.793. The summed E-state index contributed by atoms with van der Waals surface area (Å²) in [5, 5.41) is 14.6. The largest absolute Gasteiger partial charge is 0.521 e. The molecule has 1 rings (SSSR count). The SMILES string of the molecule is CCCC[C@@H](NC(=O)[C@H](C)NC(=O)OC(C)(C)C)P(=O)(O)OC(C)C(=O)[N+]1(C(=O)O)CCC[C@H]1C. The third kappa shape index (κ3) is 8.27. The highest BCUT2D eigenvalue weighted by Gasteiger charge is 2.55. The molecule has 4 amide bonds. The number of alkyl carbamates (subject to hydrolysis) is 1. The Morgan fingerprint density at radius 1 is 1.17 bits per heavy atom. The highest BCUT2D eigenvalue weighted by molar-refractivity contribution is 7.53. The molecule has 12 nitrogen and oxygen atoms in total. The third-order valence-corrected chi connectivity index (χ3v) is 7.73. The van der Waals surface area contributed by atoms with Crippen LogP contribution in [-0.2, 0) is 23.4 Å². The van der Waals surface area contributed by atoms with Gasteiger partial charge in [0.1, 0.15) is 23.5 Å². The first-order valence-corrected chi connectivity index (χ1v) is 13.6. The standard InChI is InChI=1S/C22H40N3O9P/c1-8-9-12-17(24-18(26)15(3)23-20(28)33-22(5,6)7)35(31,32)34-16(4)19(27)25(21(29)30)13-10-11-14(25)2/h14-17H,8-13H2,1-7H3,(H3-,23,24,26,28,29,30,31,32)/p+1/t14-,15+,16?,17+,25?/m1/s1. The highest BCUT2D eigenvalue weighted by atomic mass is 31.2. The number of ether oxygens (including phenoxy) is 1. The number of carboxylic acid groups (broad SMARTS) is 1. The van der Waals surface area contributed by atoms with Gasteiger partial charge in [0.2, 0.25) is 5.91 Å². The Morgan fingerprint density at radius 3 is 2.23 bits per heavy atom. The van der Waals surface area contributed by atoms with Crippen molar-refractivity contribution in [1.29, 1.82) is 0 Å². The minimum Gasteiger partial charge on any atom is -0.444 e. The minimum atomic E-state index is -4.62. The molecule has 202 valence electrons. The van der Waals surface area contributed by atoms with E-state index < -0.39 is 65.7 Å². The molecule has 0 aliphatic carbocycles. The van der Waals surface area contributed by atoms with E-state index in [-0.39, 0.29) is 13.0 Å². The molecule has 1 aliphatic rings. The molecule has 0 bridgehead atoms. The number of hydrogen-bond donors (Lipinski definition) is 4. The normalized spacial score (nSPS) is 24.5. The molecule has 3 unspecified atom stereocenters. The van der Waals surface area contributed by atoms with Crippen molar-refractivity contribution >= 4 is 31.6 Å². The van der Waals surface area contributed by atoms with Crippen molar-refractivity contribution in [2.24, 2.45) is 0 Å². The predicted octanol–water partition coefficient (Wildman–Crippen LogP) is 3.33. The average molecular weight is 523 g/mol. The fraction of sp³-hybridized carbons (Fsp3) is 0.818. The van der Waals surface area contributed by atoms with Gasteiger partial charge in [0.05, 0.1) is 6.54 Å². The molecule has 1 aliphatic heterocycles. The number of nitrogens with one attached hydrogen (secondary N) is 2. The number of imide groups is 1. The summed E-state index contributed by atoms with van der Waals surface area (Å²) in [6, 6.07) is -1.58. The predicted molar refractivity (Wildman–Crippen MR) is 128 cm³/mol. The number of carbonyl (C=O) groups excluding carboxylic acids is 3. The maximum absolute atomic E-state index is 13.2. The number of amides is 4. The summed E-state index contributed by atoms with van der Waals surface area (Å²) in [6.45, 7) is 11.2. The average Bonchev–Trinajstić information content (AvgIpc) is 3.10. The molecule has 1 fully saturated rings. The van der Waals surface area contributed by atoms with Gasteiger partial charge in [-0.2, -0.15) is 9.28 Å². The lowest BCUT2D eigenvalue weighted by Crippen LogP contribution is -2.61. The van der Waals surface area contributed by atoms with E-state index in [1.807, 2.05) is 6.92 Å². The third-order valence-electron chi connectivity index (χ3n) is 5.94. The number of carbonyl (C=O) groups is 4. The van der Waals surface area contributed by atoms with Gasteiger partial charge >= 0.3 is 25.7 Å². The highest BCUT2D eigenvalue weighted by Crippen LogP contribution is 2.50. The first-order chi connectivity index (χ1) is 16.0. The summed E-state index contributed by atoms with van der Waals surface area (Å²) in [5.41, 5.74) is -0.774. The molecule has 0 radical (unpaired) electrons. The maximum atomic E-state index is 13.2. The van der Waals surface area contributed by atoms with E-state index >= 15 is 0 Å². The minimum absolute atomic E-state index is 0.0720. The molecule has 0 aromatic carbocycles. The summed E-state index contributed by atoms with van der Waals surface area (Å²) < 4.78 is 22.7. The second kappa shape index (κ2) is 12.3. The van der Waals surface area contributed by atoms with Crippen molar-refractivity contribution in [1.82, 2.24) is 10.6 Å². The number of unbranched alkanes of at least 4 members (excludes halogenated alkanes) is 1. The molecule has 13 heteroatoms. The molecule has 35 heavy (non-hydrogen) atoms. The molecule has 1 heterocycles. The van der Waals surface area contributed by atoms with Gasteiger partial charge in [-0.15, -0.1) is 0 Å². The lowest BCUT2D eigenvalue weighted by Gasteiger charge is -2.33. The summed E-state index contributed by atoms with van der Waals surface area (Å²) >= 11 is 0. The van der Waals surface area contributed by atoms with Crippen LogP contribution in [0.2, 0.25) is 0 Å². The second-order valence-corrected chi connectivity index (χ2v) is 12.0. The van der Waals surface area contributed by atoms with Crippen LogP contribution in [0.25, 0.3) is 0 Å². The first-order valence-electron chi connectivity index (χ1n) is 11.9. The fourth-order valence-electron chi connectivity index (χ4n) is 4.01. The Bertz CT molecular complexity index is 845. The second-order valence-electron chi connectivity index (χ2n) is 10.1. The van der Waals surface area contributed by atoms with Crippen LogP contribution in [-0.4, -0.2) is 74.6 Å². The molecule has 0 aromatic heterocycles. The molecule has 1 saturated heterocycles. The van der Waals surface area contributed by atoms with E-state index in [0.717, 1.165) is 0 Å². The van der Waals surface area contributed by atoms with Crippen LogP contribution < -0.4 is 10.6 Å². The molecular weight excluding hydrogens is 481 g/mol. The van der Waals surface area contributed by atoms with Crippen molar-refractivity contribution in [2.75, 3.05) is 6.54 Å². The Labute approximate surface area is 206 Å². The van der Waals surface area contributed by atoms with Gasteiger partial charge in [0, 0.05) is 12.8 Å². The molecular formula is C22H41N3O9P+. The van der Waals surface area contributed by atoms with Crippen LogP contribution in [0.4, 0.5) is 9.59 Å². The van der Waals surface area contributed by atoms with Crippen LogP contribution >= 0.6 is 7.60 Å². The van der Waals surface area contributed by atoms with E-state index in [4.69, 9.17) is 9.26 Å². The van der Waals surface area contributed by atoms with Gasteiger partial charge < -0.3 is 25.4 Å². The van der Waals surface area contributed by atoms with Gasteiger partial charge in [-0.1, -0.05) is 19.8 Å². The summed E-state index contributed by atoms with van der Waals surface area (Å²) in [4.78, 5) is 60.4. The quantitative estimate of drug-likeness (QED) is 0.248. The molecule has 6 atom stereocenters. The number of hydrogen-bond acceptors (Lipinski definition) is 7. The smallest absolute Gasteiger partial charge is 0.444 e. The van der Waals surface area contributed by atoms with Crippen molar-refractivity contribution < 1.29 is 47.5 Å². The summed E-state index contributed by atoms with van der Waals surface area (Å²) in [7, 11) is -4.62. The van der Waals surface area contributed by atoms with E-state index in [2.05, 4.69) is 10.6 Å². The maximum Gasteiger partial charge on any atom is 0.521 e. The zero-order chi connectivity index (χ0) is 27.2. The number of rotatable bonds is 10. The Hall–Kier alpha value is -2.01. The molecule has 4 N–H and O–H groups in total. The fourth-order valence-corrected chi connectivity index (χ4v) is 5.50. The Kier molecular flexibility index (Phi) is 10.9. The Morgan fingerprint density at radius 2 is 1.77 bits per heavy atom. The van der Waals surface area contributed by atoms with Crippen LogP contribution in [0.3, 0.4) is 0 Å². The molecule has 0 aromatic rings. The van der Waals surface area contributed by atoms with Gasteiger partial charge in [-0.05, 0) is 48.0 Å². The van der Waals surface area contributed by atoms with E-state index in [1.54, 1.807) is 27.7 Å².